The van der Waals surface area contributed by atoms with Gasteiger partial charge in [-0.3, -0.25) is 14.4 Å². The molecule has 13 nitrogen and oxygen atoms in total. The molecule has 2 aliphatic rings. The fourth-order valence-electron chi connectivity index (χ4n) is 4.33. The molecule has 2 heterocycles. The van der Waals surface area contributed by atoms with Crippen LogP contribution in [-0.2, 0) is 24.0 Å². The summed E-state index contributed by atoms with van der Waals surface area (Å²) in [5.74, 6) is -5.68. The summed E-state index contributed by atoms with van der Waals surface area (Å²) in [5.41, 5.74) is 0.424. The van der Waals surface area contributed by atoms with Crippen LogP contribution in [0.1, 0.15) is 32.4 Å². The van der Waals surface area contributed by atoms with E-state index >= 15 is 0 Å². The Hall–Kier alpha value is -1.81. The van der Waals surface area contributed by atoms with Crippen LogP contribution in [0.3, 0.4) is 0 Å². The molecule has 0 unspecified atom stereocenters. The fraction of sp³-hybridized carbons (Fsp3) is 0.478. The molecule has 16 heteroatoms. The van der Waals surface area contributed by atoms with Crippen LogP contribution >= 0.6 is 11.8 Å². The van der Waals surface area contributed by atoms with Crippen molar-refractivity contribution in [1.29, 1.82) is 0 Å². The van der Waals surface area contributed by atoms with Gasteiger partial charge in [-0.2, -0.15) is 0 Å². The second-order valence-corrected chi connectivity index (χ2v) is 10.8. The quantitative estimate of drug-likeness (QED) is 0.145. The van der Waals surface area contributed by atoms with Crippen molar-refractivity contribution in [3.63, 3.8) is 0 Å². The van der Waals surface area contributed by atoms with E-state index in [1.807, 2.05) is 0 Å². The second-order valence-electron chi connectivity index (χ2n) is 8.98. The van der Waals surface area contributed by atoms with Crippen LogP contribution in [0.4, 0.5) is 4.79 Å². The van der Waals surface area contributed by atoms with E-state index < -0.39 is 63.9 Å². The van der Waals surface area contributed by atoms with E-state index in [0.29, 0.717) is 5.56 Å². The third kappa shape index (κ3) is 7.90. The monoisotopic (exact) mass is 579 g/mol. The van der Waals surface area contributed by atoms with Crippen molar-refractivity contribution >= 4 is 47.5 Å². The van der Waals surface area contributed by atoms with Gasteiger partial charge in [0.2, 0.25) is 11.8 Å². The van der Waals surface area contributed by atoms with Crippen LogP contribution in [-0.4, -0.2) is 87.3 Å². The minimum absolute atomic E-state index is 0. The smallest absolute Gasteiger partial charge is 0.548 e. The molecule has 5 amide bonds. The number of thioether (sulfide) groups is 1. The SMILES string of the molecule is CCN(CCNC(=O)N[C@@H](C(=O)N[C@@H]1C(=O)N2[C@@H]1SC(C)(C)[C@@H]2C(=O)[O-])c1ccccc1)C(=O)C(=O)[O-].[Na+].[Na+]. The zero-order valence-corrected chi connectivity index (χ0v) is 27.2. The number of nitrogens with one attached hydrogen (secondary N) is 3. The van der Waals surface area contributed by atoms with Gasteiger partial charge in [-0.25, -0.2) is 4.79 Å². The summed E-state index contributed by atoms with van der Waals surface area (Å²) in [6.07, 6.45) is 0. The zero-order chi connectivity index (χ0) is 27.5. The number of carbonyl (C=O) groups is 6. The molecule has 0 aromatic heterocycles. The summed E-state index contributed by atoms with van der Waals surface area (Å²) in [7, 11) is 0. The van der Waals surface area contributed by atoms with Crippen molar-refractivity contribution in [1.82, 2.24) is 25.8 Å². The molecule has 0 aliphatic carbocycles. The average molecular weight is 580 g/mol. The summed E-state index contributed by atoms with van der Waals surface area (Å²) in [5, 5.41) is 29.4. The van der Waals surface area contributed by atoms with Gasteiger partial charge in [0, 0.05) is 24.4 Å². The van der Waals surface area contributed by atoms with Gasteiger partial charge in [0.25, 0.3) is 5.91 Å². The standard InChI is InChI=1S/C23H29N5O8S.2Na/c1-4-27(18(31)21(34)35)11-10-24-22(36)26-13(12-8-6-5-7-9-12)16(29)25-14-17(30)28-15(20(32)33)23(2,3)37-19(14)28;;/h5-9,13-15,19H,4,10-11H2,1-3H3,(H,25,29)(H,32,33)(H,34,35)(H2,24,26,36);;/q;2*+1/p-2/t13-,14-,15+,19-;;/m1../s1. The van der Waals surface area contributed by atoms with Crippen LogP contribution < -0.4 is 85.3 Å². The topological polar surface area (TPSA) is 191 Å². The first kappa shape index (κ1) is 35.2. The number of benzene rings is 1. The Morgan fingerprint density at radius 3 is 2.26 bits per heavy atom. The summed E-state index contributed by atoms with van der Waals surface area (Å²) in [4.78, 5) is 74.6. The third-order valence-corrected chi connectivity index (χ3v) is 7.71. The Kier molecular flexibility index (Phi) is 13.3. The largest absolute Gasteiger partial charge is 1.00 e. The summed E-state index contributed by atoms with van der Waals surface area (Å²) >= 11 is 1.24. The van der Waals surface area contributed by atoms with Crippen molar-refractivity contribution in [2.24, 2.45) is 0 Å². The van der Waals surface area contributed by atoms with E-state index in [0.717, 1.165) is 4.90 Å². The molecule has 0 saturated carbocycles. The van der Waals surface area contributed by atoms with E-state index in [1.54, 1.807) is 51.1 Å². The molecule has 39 heavy (non-hydrogen) atoms. The minimum Gasteiger partial charge on any atom is -0.548 e. The fourth-order valence-corrected chi connectivity index (χ4v) is 5.95. The van der Waals surface area contributed by atoms with E-state index in [2.05, 4.69) is 16.0 Å². The third-order valence-electron chi connectivity index (χ3n) is 6.14. The van der Waals surface area contributed by atoms with Gasteiger partial charge in [0.05, 0.1) is 12.0 Å². The number of urea groups is 1. The Labute approximate surface area is 273 Å². The predicted molar refractivity (Wildman–Crippen MR) is 126 cm³/mol. The van der Waals surface area contributed by atoms with Gasteiger partial charge in [0.1, 0.15) is 23.4 Å². The number of hydrogen-bond acceptors (Lipinski definition) is 9. The van der Waals surface area contributed by atoms with E-state index in [4.69, 9.17) is 0 Å². The first-order valence-corrected chi connectivity index (χ1v) is 12.4. The number of likely N-dealkylation sites (N-methyl/N-ethyl adjacent to an activating group) is 1. The minimum atomic E-state index is -1.86. The van der Waals surface area contributed by atoms with Crippen molar-refractivity contribution in [2.75, 3.05) is 19.6 Å². The summed E-state index contributed by atoms with van der Waals surface area (Å²) < 4.78 is -0.819. The molecule has 1 aromatic carbocycles. The van der Waals surface area contributed by atoms with Crippen molar-refractivity contribution < 1.29 is 98.1 Å². The number of aliphatic carboxylic acids is 2. The predicted octanol–water partition coefficient (Wildman–Crippen LogP) is -9.07. The normalized spacial score (nSPS) is 21.1. The van der Waals surface area contributed by atoms with Gasteiger partial charge < -0.3 is 45.6 Å². The number of hydrogen-bond donors (Lipinski definition) is 3. The van der Waals surface area contributed by atoms with Gasteiger partial charge in [-0.15, -0.1) is 11.8 Å². The maximum atomic E-state index is 13.2. The molecule has 1 aromatic rings. The molecule has 0 spiro atoms. The van der Waals surface area contributed by atoms with Crippen molar-refractivity contribution in [3.05, 3.63) is 35.9 Å². The zero-order valence-electron chi connectivity index (χ0n) is 22.4. The summed E-state index contributed by atoms with van der Waals surface area (Å²) in [6.45, 7) is 4.82. The van der Waals surface area contributed by atoms with Crippen molar-refractivity contribution in [2.45, 2.75) is 49.0 Å². The van der Waals surface area contributed by atoms with Crippen LogP contribution in [0, 0.1) is 0 Å². The second kappa shape index (κ2) is 14.7. The molecule has 200 valence electrons. The first-order chi connectivity index (χ1) is 17.4. The van der Waals surface area contributed by atoms with Gasteiger partial charge in [-0.05, 0) is 26.3 Å². The van der Waals surface area contributed by atoms with Crippen LogP contribution in [0.5, 0.6) is 0 Å². The maximum absolute atomic E-state index is 13.2. The van der Waals surface area contributed by atoms with E-state index in [9.17, 15) is 39.0 Å². The number of fused-ring (bicyclic) bond motifs is 1. The number of rotatable bonds is 9. The number of carboxylic acid groups (broad SMARTS) is 2. The van der Waals surface area contributed by atoms with E-state index in [1.165, 1.54) is 16.7 Å². The van der Waals surface area contributed by atoms with Gasteiger partial charge in [0.15, 0.2) is 0 Å². The summed E-state index contributed by atoms with van der Waals surface area (Å²) in [6, 6.07) is 4.17. The van der Waals surface area contributed by atoms with Crippen molar-refractivity contribution in [3.8, 4) is 0 Å². The Morgan fingerprint density at radius 2 is 1.72 bits per heavy atom. The van der Waals surface area contributed by atoms with E-state index in [-0.39, 0.29) is 78.7 Å². The molecule has 3 rings (SSSR count). The average Bonchev–Trinajstić information content (AvgIpc) is 3.11. The molecular weight excluding hydrogens is 552 g/mol. The van der Waals surface area contributed by atoms with Gasteiger partial charge in [-0.1, -0.05) is 30.3 Å². The number of carbonyl (C=O) groups excluding carboxylic acids is 6. The Balaban J connectivity index is 0.00000380. The van der Waals surface area contributed by atoms with Crippen LogP contribution in [0.2, 0.25) is 0 Å². The van der Waals surface area contributed by atoms with Gasteiger partial charge >= 0.3 is 65.1 Å². The molecule has 2 saturated heterocycles. The van der Waals surface area contributed by atoms with Crippen LogP contribution in [0.15, 0.2) is 30.3 Å². The molecular formula is C23H27N5Na2O8S. The molecule has 0 radical (unpaired) electrons. The number of amides is 5. The molecule has 3 N–H and O–H groups in total. The maximum Gasteiger partial charge on any atom is 1.00 e. The number of carboxylic acids is 2. The van der Waals surface area contributed by atoms with Crippen LogP contribution in [0.25, 0.3) is 0 Å². The molecule has 2 aliphatic heterocycles. The number of β-lactam (4-membered cyclic amide) rings is 1. The number of nitrogens with zero attached hydrogens (tertiary/aromatic N) is 2. The molecule has 4 atom stereocenters. The Morgan fingerprint density at radius 1 is 1.10 bits per heavy atom. The first-order valence-electron chi connectivity index (χ1n) is 11.5. The molecule has 0 bridgehead atoms. The Bertz CT molecular complexity index is 1110. The molecule has 2 fully saturated rings.